The van der Waals surface area contributed by atoms with Crippen molar-refractivity contribution in [2.45, 2.75) is 37.6 Å². The van der Waals surface area contributed by atoms with Crippen LogP contribution in [0.4, 0.5) is 11.4 Å². The fraction of sp³-hybridized carbons (Fsp3) is 0.538. The van der Waals surface area contributed by atoms with E-state index in [-0.39, 0.29) is 5.69 Å². The number of anilines is 1. The summed E-state index contributed by atoms with van der Waals surface area (Å²) in [6, 6.07) is 4.15. The fourth-order valence-electron chi connectivity index (χ4n) is 2.25. The van der Waals surface area contributed by atoms with Crippen molar-refractivity contribution in [2.75, 3.05) is 11.9 Å². The molecular formula is C13H18N2O7. The SMILES string of the molecule is Cc1ccc([N+](=O)[O-])cc1N[C@H]1O[C@@H](CO)[C@H](O)[C@@H](O)[C@H]1O. The van der Waals surface area contributed by atoms with Crippen LogP contribution in [0, 0.1) is 17.0 Å². The topological polar surface area (TPSA) is 145 Å². The Bertz CT molecular complexity index is 551. The Morgan fingerprint density at radius 3 is 2.55 bits per heavy atom. The van der Waals surface area contributed by atoms with Gasteiger partial charge in [-0.2, -0.15) is 0 Å². The molecule has 1 fully saturated rings. The van der Waals surface area contributed by atoms with E-state index >= 15 is 0 Å². The highest BCUT2D eigenvalue weighted by Crippen LogP contribution is 2.27. The van der Waals surface area contributed by atoms with E-state index in [0.717, 1.165) is 0 Å². The summed E-state index contributed by atoms with van der Waals surface area (Å²) < 4.78 is 5.30. The van der Waals surface area contributed by atoms with Gasteiger partial charge in [0.25, 0.3) is 5.69 Å². The van der Waals surface area contributed by atoms with Gasteiger partial charge >= 0.3 is 0 Å². The Balaban J connectivity index is 2.22. The third kappa shape index (κ3) is 3.18. The van der Waals surface area contributed by atoms with Crippen molar-refractivity contribution in [3.05, 3.63) is 33.9 Å². The van der Waals surface area contributed by atoms with Crippen LogP contribution in [0.25, 0.3) is 0 Å². The number of hydrogen-bond donors (Lipinski definition) is 5. The molecule has 5 atom stereocenters. The Kier molecular flexibility index (Phi) is 4.94. The zero-order chi connectivity index (χ0) is 16.4. The molecule has 0 radical (unpaired) electrons. The monoisotopic (exact) mass is 314 g/mol. The third-order valence-corrected chi connectivity index (χ3v) is 3.62. The maximum absolute atomic E-state index is 10.8. The van der Waals surface area contributed by atoms with Crippen molar-refractivity contribution in [1.82, 2.24) is 0 Å². The number of aliphatic hydroxyl groups is 4. The first kappa shape index (κ1) is 16.6. The Labute approximate surface area is 125 Å². The Morgan fingerprint density at radius 2 is 1.95 bits per heavy atom. The molecule has 1 aromatic carbocycles. The van der Waals surface area contributed by atoms with Crippen LogP contribution < -0.4 is 5.32 Å². The zero-order valence-electron chi connectivity index (χ0n) is 11.8. The van der Waals surface area contributed by atoms with Gasteiger partial charge in [0.05, 0.1) is 11.5 Å². The molecule has 5 N–H and O–H groups in total. The molecule has 0 aliphatic carbocycles. The van der Waals surface area contributed by atoms with Crippen molar-refractivity contribution >= 4 is 11.4 Å². The van der Waals surface area contributed by atoms with Crippen LogP contribution in [0.15, 0.2) is 18.2 Å². The van der Waals surface area contributed by atoms with E-state index in [1.165, 1.54) is 18.2 Å². The largest absolute Gasteiger partial charge is 0.394 e. The Morgan fingerprint density at radius 1 is 1.27 bits per heavy atom. The highest BCUT2D eigenvalue weighted by atomic mass is 16.6. The van der Waals surface area contributed by atoms with Gasteiger partial charge in [-0.15, -0.1) is 0 Å². The molecule has 0 aromatic heterocycles. The summed E-state index contributed by atoms with van der Waals surface area (Å²) in [4.78, 5) is 10.2. The van der Waals surface area contributed by atoms with Crippen LogP contribution in [0.5, 0.6) is 0 Å². The minimum absolute atomic E-state index is 0.141. The van der Waals surface area contributed by atoms with Crippen LogP contribution in [-0.4, -0.2) is 62.6 Å². The molecule has 1 saturated heterocycles. The van der Waals surface area contributed by atoms with Gasteiger partial charge in [-0.3, -0.25) is 10.1 Å². The lowest BCUT2D eigenvalue weighted by Crippen LogP contribution is -2.60. The number of benzene rings is 1. The van der Waals surface area contributed by atoms with Crippen LogP contribution in [0.1, 0.15) is 5.56 Å². The predicted octanol–water partition coefficient (Wildman–Crippen LogP) is -0.885. The van der Waals surface area contributed by atoms with E-state index in [9.17, 15) is 25.4 Å². The van der Waals surface area contributed by atoms with Crippen molar-refractivity contribution < 1.29 is 30.1 Å². The minimum atomic E-state index is -1.51. The van der Waals surface area contributed by atoms with Gasteiger partial charge in [-0.1, -0.05) is 6.07 Å². The van der Waals surface area contributed by atoms with Gasteiger partial charge in [-0.05, 0) is 12.5 Å². The fourth-order valence-corrected chi connectivity index (χ4v) is 2.25. The number of aryl methyl sites for hydroxylation is 1. The maximum atomic E-state index is 10.8. The zero-order valence-corrected chi connectivity index (χ0v) is 11.8. The van der Waals surface area contributed by atoms with E-state index in [2.05, 4.69) is 5.32 Å². The smallest absolute Gasteiger partial charge is 0.271 e. The average molecular weight is 314 g/mol. The molecule has 0 amide bonds. The standard InChI is InChI=1S/C13H18N2O7/c1-6-2-3-7(15(20)21)4-8(6)14-13-12(19)11(18)10(17)9(5-16)22-13/h2-4,9-14,16-19H,5H2,1H3/t9-,10-,11+,12+,13-/m0/s1. The number of hydrogen-bond acceptors (Lipinski definition) is 8. The summed E-state index contributed by atoms with van der Waals surface area (Å²) in [5, 5.41) is 52.0. The molecule has 1 aliphatic rings. The Hall–Kier alpha value is -1.78. The van der Waals surface area contributed by atoms with Crippen LogP contribution in [0.2, 0.25) is 0 Å². The van der Waals surface area contributed by atoms with Crippen molar-refractivity contribution in [1.29, 1.82) is 0 Å². The molecule has 122 valence electrons. The van der Waals surface area contributed by atoms with Crippen molar-refractivity contribution in [3.63, 3.8) is 0 Å². The van der Waals surface area contributed by atoms with E-state index in [0.29, 0.717) is 11.3 Å². The summed E-state index contributed by atoms with van der Waals surface area (Å²) in [5.41, 5.74) is 0.874. The van der Waals surface area contributed by atoms with E-state index in [4.69, 9.17) is 9.84 Å². The third-order valence-electron chi connectivity index (χ3n) is 3.62. The second kappa shape index (κ2) is 6.55. The second-order valence-electron chi connectivity index (χ2n) is 5.15. The van der Waals surface area contributed by atoms with Gasteiger partial charge in [0.15, 0.2) is 6.23 Å². The molecule has 0 bridgehead atoms. The molecule has 1 aromatic rings. The first-order valence-electron chi connectivity index (χ1n) is 6.67. The molecule has 0 unspecified atom stereocenters. The number of nitro groups is 1. The number of ether oxygens (including phenoxy) is 1. The highest BCUT2D eigenvalue weighted by molar-refractivity contribution is 5.57. The lowest BCUT2D eigenvalue weighted by atomic mass is 9.98. The van der Waals surface area contributed by atoms with Gasteiger partial charge in [0.1, 0.15) is 24.4 Å². The van der Waals surface area contributed by atoms with E-state index in [1.807, 2.05) is 0 Å². The molecular weight excluding hydrogens is 296 g/mol. The molecule has 0 saturated carbocycles. The summed E-state index contributed by atoms with van der Waals surface area (Å²) >= 11 is 0. The second-order valence-corrected chi connectivity index (χ2v) is 5.15. The lowest BCUT2D eigenvalue weighted by Gasteiger charge is -2.40. The minimum Gasteiger partial charge on any atom is -0.394 e. The lowest BCUT2D eigenvalue weighted by molar-refractivity contribution is -0.384. The van der Waals surface area contributed by atoms with E-state index < -0.39 is 42.2 Å². The first-order valence-corrected chi connectivity index (χ1v) is 6.67. The molecule has 0 spiro atoms. The molecule has 9 nitrogen and oxygen atoms in total. The van der Waals surface area contributed by atoms with Crippen LogP contribution in [-0.2, 0) is 4.74 Å². The van der Waals surface area contributed by atoms with Crippen LogP contribution >= 0.6 is 0 Å². The number of non-ortho nitro benzene ring substituents is 1. The predicted molar refractivity (Wildman–Crippen MR) is 75.2 cm³/mol. The number of nitrogens with one attached hydrogen (secondary N) is 1. The molecule has 2 rings (SSSR count). The summed E-state index contributed by atoms with van der Waals surface area (Å²) in [5.74, 6) is 0. The first-order chi connectivity index (χ1) is 10.3. The summed E-state index contributed by atoms with van der Waals surface area (Å²) in [7, 11) is 0. The summed E-state index contributed by atoms with van der Waals surface area (Å²) in [6.45, 7) is 1.16. The van der Waals surface area contributed by atoms with Gasteiger partial charge in [-0.25, -0.2) is 0 Å². The van der Waals surface area contributed by atoms with E-state index in [1.54, 1.807) is 6.92 Å². The quantitative estimate of drug-likeness (QED) is 0.355. The van der Waals surface area contributed by atoms with Crippen molar-refractivity contribution in [2.24, 2.45) is 0 Å². The molecule has 9 heteroatoms. The molecule has 1 aliphatic heterocycles. The number of aliphatic hydroxyl groups excluding tert-OH is 4. The van der Waals surface area contributed by atoms with Crippen LogP contribution in [0.3, 0.4) is 0 Å². The number of nitro benzene ring substituents is 1. The van der Waals surface area contributed by atoms with Crippen molar-refractivity contribution in [3.8, 4) is 0 Å². The molecule has 22 heavy (non-hydrogen) atoms. The molecule has 1 heterocycles. The number of nitrogens with zero attached hydrogens (tertiary/aromatic N) is 1. The normalized spacial score (nSPS) is 31.8. The maximum Gasteiger partial charge on any atom is 0.271 e. The number of rotatable bonds is 4. The van der Waals surface area contributed by atoms with Gasteiger partial charge < -0.3 is 30.5 Å². The van der Waals surface area contributed by atoms with Gasteiger partial charge in [0.2, 0.25) is 0 Å². The highest BCUT2D eigenvalue weighted by Gasteiger charge is 2.43. The summed E-state index contributed by atoms with van der Waals surface area (Å²) in [6.07, 6.45) is -6.60. The van der Waals surface area contributed by atoms with Gasteiger partial charge in [0, 0.05) is 17.8 Å². The average Bonchev–Trinajstić information content (AvgIpc) is 2.49.